The lowest BCUT2D eigenvalue weighted by molar-refractivity contribution is 0.00162. The highest BCUT2D eigenvalue weighted by molar-refractivity contribution is 8.00. The van der Waals surface area contributed by atoms with E-state index in [1.807, 2.05) is 33.8 Å². The maximum atomic E-state index is 16.3. The number of nitrogens with zero attached hydrogens (tertiary/aromatic N) is 4. The predicted octanol–water partition coefficient (Wildman–Crippen LogP) is 5.85. The highest BCUT2D eigenvalue weighted by atomic mass is 32.2. The topological polar surface area (TPSA) is 153 Å². The Hall–Kier alpha value is -3.86. The number of carbonyl (C=O) groups excluding carboxylic acids is 2. The number of hydrogen-bond donors (Lipinski definition) is 1. The van der Waals surface area contributed by atoms with Crippen molar-refractivity contribution in [3.8, 4) is 6.07 Å². The van der Waals surface area contributed by atoms with E-state index in [0.717, 1.165) is 16.3 Å². The Morgan fingerprint density at radius 2 is 1.66 bits per heavy atom. The number of rotatable bonds is 14. The van der Waals surface area contributed by atoms with E-state index >= 15 is 4.39 Å². The highest BCUT2D eigenvalue weighted by Gasteiger charge is 2.50. The molecule has 3 unspecified atom stereocenters. The fourth-order valence-electron chi connectivity index (χ4n) is 5.12. The largest absolute Gasteiger partial charge is 0.454 e. The van der Waals surface area contributed by atoms with Crippen molar-refractivity contribution in [3.63, 3.8) is 0 Å². The summed E-state index contributed by atoms with van der Waals surface area (Å²) < 4.78 is 50.3. The number of aromatic nitrogens is 2. The lowest BCUT2D eigenvalue weighted by atomic mass is 10.1. The molecule has 1 saturated heterocycles. The summed E-state index contributed by atoms with van der Waals surface area (Å²) in [4.78, 5) is 42.7. The van der Waals surface area contributed by atoms with Crippen LogP contribution in [0.1, 0.15) is 60.2 Å². The van der Waals surface area contributed by atoms with E-state index in [2.05, 4.69) is 10.3 Å². The molecule has 1 aromatic heterocycles. The van der Waals surface area contributed by atoms with Gasteiger partial charge in [0.05, 0.1) is 36.5 Å². The van der Waals surface area contributed by atoms with Crippen molar-refractivity contribution in [3.05, 3.63) is 94.5 Å². The van der Waals surface area contributed by atoms with Crippen LogP contribution in [0.4, 0.5) is 10.2 Å². The monoisotopic (exact) mass is 685 g/mol. The quantitative estimate of drug-likeness (QED) is 0.124. The van der Waals surface area contributed by atoms with Crippen molar-refractivity contribution >= 4 is 37.2 Å². The van der Waals surface area contributed by atoms with E-state index in [1.54, 1.807) is 53.2 Å². The third-order valence-electron chi connectivity index (χ3n) is 7.11. The van der Waals surface area contributed by atoms with Gasteiger partial charge < -0.3 is 10.1 Å². The first kappa shape index (κ1) is 36.0. The van der Waals surface area contributed by atoms with E-state index < -0.39 is 48.2 Å². The Morgan fingerprint density at radius 3 is 2.23 bits per heavy atom. The smallest absolute Gasteiger partial charge is 0.408 e. The molecule has 0 bridgehead atoms. The summed E-state index contributed by atoms with van der Waals surface area (Å²) >= 11 is 0.956. The van der Waals surface area contributed by atoms with Gasteiger partial charge in [0.1, 0.15) is 11.2 Å². The van der Waals surface area contributed by atoms with E-state index in [0.29, 0.717) is 5.56 Å². The average Bonchev–Trinajstić information content (AvgIpc) is 3.34. The van der Waals surface area contributed by atoms with Gasteiger partial charge in [0.2, 0.25) is 0 Å². The molecule has 5 atom stereocenters. The third kappa shape index (κ3) is 8.94. The number of halogens is 1. The van der Waals surface area contributed by atoms with E-state index in [4.69, 9.17) is 19.0 Å². The van der Waals surface area contributed by atoms with Crippen LogP contribution in [0.3, 0.4) is 0 Å². The maximum Gasteiger partial charge on any atom is 0.408 e. The van der Waals surface area contributed by atoms with Crippen LogP contribution in [0.2, 0.25) is 0 Å². The number of ether oxygens (including phenoxy) is 1. The SMILES string of the molecule is CC(C)N(C(C)C)P(=O)(OCCC#N)OCC1SC(n2ccc(NC(=O)c3ccccc3)nc2=O)[C@@H](F)[C@@H]1OC(=O)c1ccccc1. The molecule has 47 heavy (non-hydrogen) atoms. The van der Waals surface area contributed by atoms with Crippen molar-refractivity contribution in [1.82, 2.24) is 14.2 Å². The molecule has 4 rings (SSSR count). The molecule has 0 spiro atoms. The van der Waals surface area contributed by atoms with E-state index in [1.165, 1.54) is 24.4 Å². The maximum absolute atomic E-state index is 16.3. The van der Waals surface area contributed by atoms with Crippen LogP contribution in [0.15, 0.2) is 77.7 Å². The Morgan fingerprint density at radius 1 is 1.04 bits per heavy atom. The van der Waals surface area contributed by atoms with Crippen LogP contribution < -0.4 is 11.0 Å². The number of benzene rings is 2. The number of esters is 1. The molecule has 1 amide bonds. The molecular weight excluding hydrogens is 648 g/mol. The molecule has 12 nitrogen and oxygen atoms in total. The molecule has 15 heteroatoms. The highest BCUT2D eigenvalue weighted by Crippen LogP contribution is 2.56. The first-order chi connectivity index (χ1) is 22.4. The molecule has 1 aliphatic heterocycles. The number of anilines is 1. The molecule has 0 radical (unpaired) electrons. The van der Waals surface area contributed by atoms with Crippen LogP contribution in [-0.4, -0.2) is 68.9 Å². The minimum Gasteiger partial charge on any atom is -0.454 e. The van der Waals surface area contributed by atoms with Crippen molar-refractivity contribution in [2.24, 2.45) is 0 Å². The second kappa shape index (κ2) is 16.3. The standard InChI is InChI=1S/C32H37FN5O7PS/c1-21(2)38(22(3)4)46(42,43-19-11-17-34)44-20-25-28(45-31(40)24-14-9-6-10-15-24)27(33)30(47-25)37-18-16-26(36-32(37)41)35-29(39)23-12-7-5-8-13-23/h5-10,12-16,18,21-22,25,27-28,30H,11,19-20H2,1-4H3,(H,35,36,39,41)/t25?,27-,28+,30?,46?/m0/s1. The predicted molar refractivity (Wildman–Crippen MR) is 176 cm³/mol. The Kier molecular flexibility index (Phi) is 12.5. The molecule has 1 aliphatic rings. The van der Waals surface area contributed by atoms with Gasteiger partial charge in [0, 0.05) is 23.8 Å². The normalized spacial score (nSPS) is 20.6. The van der Waals surface area contributed by atoms with Crippen LogP contribution in [0, 0.1) is 11.3 Å². The summed E-state index contributed by atoms with van der Waals surface area (Å²) in [7, 11) is -4.02. The zero-order chi connectivity index (χ0) is 34.1. The van der Waals surface area contributed by atoms with Gasteiger partial charge in [-0.05, 0) is 58.0 Å². The van der Waals surface area contributed by atoms with Gasteiger partial charge in [0.25, 0.3) is 5.91 Å². The van der Waals surface area contributed by atoms with Gasteiger partial charge in [-0.3, -0.25) is 18.4 Å². The Balaban J connectivity index is 1.60. The summed E-state index contributed by atoms with van der Waals surface area (Å²) in [5.41, 5.74) is -0.287. The molecule has 2 aromatic carbocycles. The van der Waals surface area contributed by atoms with Crippen molar-refractivity contribution in [2.45, 2.75) is 69.1 Å². The molecule has 1 fully saturated rings. The van der Waals surface area contributed by atoms with Crippen LogP contribution in [0.25, 0.3) is 0 Å². The Bertz CT molecular complexity index is 1660. The zero-order valence-corrected chi connectivity index (χ0v) is 28.1. The van der Waals surface area contributed by atoms with E-state index in [-0.39, 0.29) is 43.1 Å². The molecule has 0 saturated carbocycles. The fourth-order valence-corrected chi connectivity index (χ4v) is 8.83. The lowest BCUT2D eigenvalue weighted by Crippen LogP contribution is -2.39. The van der Waals surface area contributed by atoms with Crippen molar-refractivity contribution < 1.29 is 32.3 Å². The van der Waals surface area contributed by atoms with Crippen molar-refractivity contribution in [1.29, 1.82) is 5.26 Å². The number of nitriles is 1. The first-order valence-corrected chi connectivity index (χ1v) is 17.4. The van der Waals surface area contributed by atoms with Crippen LogP contribution in [0.5, 0.6) is 0 Å². The van der Waals surface area contributed by atoms with Gasteiger partial charge >= 0.3 is 19.4 Å². The first-order valence-electron chi connectivity index (χ1n) is 15.0. The number of alkyl halides is 1. The fraction of sp³-hybridized carbons (Fsp3) is 0.406. The lowest BCUT2D eigenvalue weighted by Gasteiger charge is -2.36. The third-order valence-corrected chi connectivity index (χ3v) is 11.1. The number of amides is 1. The van der Waals surface area contributed by atoms with Crippen LogP contribution >= 0.6 is 19.5 Å². The van der Waals surface area contributed by atoms with Gasteiger partial charge in [-0.25, -0.2) is 23.2 Å². The number of carbonyl (C=O) groups is 2. The molecule has 3 aromatic rings. The van der Waals surface area contributed by atoms with E-state index in [9.17, 15) is 18.9 Å². The summed E-state index contributed by atoms with van der Waals surface area (Å²) in [6, 6.07) is 19.2. The molecule has 2 heterocycles. The Labute approximate surface area is 276 Å². The zero-order valence-electron chi connectivity index (χ0n) is 26.4. The summed E-state index contributed by atoms with van der Waals surface area (Å²) in [6.07, 6.45) is -2.05. The molecule has 1 N–H and O–H groups in total. The number of thioether (sulfide) groups is 1. The number of hydrogen-bond acceptors (Lipinski definition) is 10. The average molecular weight is 686 g/mol. The minimum absolute atomic E-state index is 0.0247. The van der Waals surface area contributed by atoms with Gasteiger partial charge in [-0.2, -0.15) is 10.2 Å². The van der Waals surface area contributed by atoms with Crippen molar-refractivity contribution in [2.75, 3.05) is 18.5 Å². The second-order valence-corrected chi connectivity index (χ2v) is 14.4. The summed E-state index contributed by atoms with van der Waals surface area (Å²) in [5.74, 6) is -1.28. The summed E-state index contributed by atoms with van der Waals surface area (Å²) in [6.45, 7) is 6.74. The second-order valence-electron chi connectivity index (χ2n) is 11.1. The van der Waals surface area contributed by atoms with Gasteiger partial charge in [-0.1, -0.05) is 36.4 Å². The molecule has 0 aliphatic carbocycles. The molecule has 250 valence electrons. The van der Waals surface area contributed by atoms with Crippen LogP contribution in [-0.2, 0) is 18.3 Å². The van der Waals surface area contributed by atoms with Gasteiger partial charge in [-0.15, -0.1) is 11.8 Å². The summed E-state index contributed by atoms with van der Waals surface area (Å²) in [5, 5.41) is 9.43. The minimum atomic E-state index is -4.02. The number of nitrogens with one attached hydrogen (secondary N) is 1. The van der Waals surface area contributed by atoms with Gasteiger partial charge in [0.15, 0.2) is 12.3 Å². The molecular formula is C32H37FN5O7PS.